The van der Waals surface area contributed by atoms with E-state index in [-0.39, 0.29) is 11.3 Å². The van der Waals surface area contributed by atoms with E-state index in [1.54, 1.807) is 30.3 Å². The van der Waals surface area contributed by atoms with Gasteiger partial charge in [0.1, 0.15) is 0 Å². The number of carboxylic acids is 1. The Morgan fingerprint density at radius 3 is 2.44 bits per heavy atom. The Hall–Kier alpha value is -1.71. The summed E-state index contributed by atoms with van der Waals surface area (Å²) < 4.78 is 0. The summed E-state index contributed by atoms with van der Waals surface area (Å²) in [6, 6.07) is 9.93. The molecule has 92 valence electrons. The second-order valence-electron chi connectivity index (χ2n) is 3.73. The maximum atomic E-state index is 11.1. The fraction of sp³-hybridized carbons (Fsp3) is 0. The van der Waals surface area contributed by atoms with Gasteiger partial charge >= 0.3 is 5.97 Å². The predicted octanol–water partition coefficient (Wildman–Crippen LogP) is 3.94. The minimum absolute atomic E-state index is 0.0162. The van der Waals surface area contributed by atoms with Gasteiger partial charge < -0.3 is 10.8 Å². The van der Waals surface area contributed by atoms with Crippen LogP contribution in [0.3, 0.4) is 0 Å². The molecule has 5 heteroatoms. The first-order chi connectivity index (χ1) is 8.49. The van der Waals surface area contributed by atoms with Crippen molar-refractivity contribution in [1.29, 1.82) is 0 Å². The molecule has 3 N–H and O–H groups in total. The summed E-state index contributed by atoms with van der Waals surface area (Å²) in [4.78, 5) is 11.1. The summed E-state index contributed by atoms with van der Waals surface area (Å²) in [7, 11) is 0. The lowest BCUT2D eigenvalue weighted by molar-refractivity contribution is 0.0698. The first kappa shape index (κ1) is 12.7. The van der Waals surface area contributed by atoms with Gasteiger partial charge in [0, 0.05) is 15.6 Å². The molecule has 0 spiro atoms. The van der Waals surface area contributed by atoms with Crippen LogP contribution in [0.15, 0.2) is 36.4 Å². The monoisotopic (exact) mass is 281 g/mol. The van der Waals surface area contributed by atoms with Crippen molar-refractivity contribution in [3.8, 4) is 11.1 Å². The summed E-state index contributed by atoms with van der Waals surface area (Å²) in [5.74, 6) is -1.11. The second-order valence-corrected chi connectivity index (χ2v) is 4.60. The minimum Gasteiger partial charge on any atom is -0.478 e. The van der Waals surface area contributed by atoms with E-state index in [1.807, 2.05) is 0 Å². The molecule has 0 amide bonds. The van der Waals surface area contributed by atoms with Crippen molar-refractivity contribution in [3.05, 3.63) is 52.0 Å². The van der Waals surface area contributed by atoms with E-state index in [9.17, 15) is 4.79 Å². The molecule has 2 aromatic rings. The average molecular weight is 282 g/mol. The fourth-order valence-corrected chi connectivity index (χ4v) is 2.10. The Bertz CT molecular complexity index is 626. The number of aromatic carboxylic acids is 1. The van der Waals surface area contributed by atoms with E-state index in [2.05, 4.69) is 0 Å². The van der Waals surface area contributed by atoms with E-state index in [4.69, 9.17) is 34.0 Å². The van der Waals surface area contributed by atoms with Gasteiger partial charge in [-0.05, 0) is 29.8 Å². The van der Waals surface area contributed by atoms with Crippen LogP contribution in [0, 0.1) is 0 Å². The van der Waals surface area contributed by atoms with Crippen molar-refractivity contribution in [2.75, 3.05) is 5.73 Å². The van der Waals surface area contributed by atoms with Crippen LogP contribution in [0.25, 0.3) is 11.1 Å². The third-order valence-electron chi connectivity index (χ3n) is 2.51. The van der Waals surface area contributed by atoms with E-state index in [0.717, 1.165) is 5.56 Å². The maximum Gasteiger partial charge on any atom is 0.337 e. The van der Waals surface area contributed by atoms with E-state index in [0.29, 0.717) is 15.6 Å². The predicted molar refractivity (Wildman–Crippen MR) is 73.3 cm³/mol. The molecular formula is C13H9Cl2NO2. The number of rotatable bonds is 2. The number of carboxylic acid groups (broad SMARTS) is 1. The summed E-state index contributed by atoms with van der Waals surface area (Å²) in [6.45, 7) is 0. The quantitative estimate of drug-likeness (QED) is 0.820. The molecule has 0 unspecified atom stereocenters. The van der Waals surface area contributed by atoms with Crippen LogP contribution in [0.1, 0.15) is 10.4 Å². The Morgan fingerprint density at radius 2 is 1.83 bits per heavy atom. The van der Waals surface area contributed by atoms with Crippen LogP contribution >= 0.6 is 23.2 Å². The van der Waals surface area contributed by atoms with E-state index < -0.39 is 5.97 Å². The second kappa shape index (κ2) is 4.88. The number of carbonyl (C=O) groups is 1. The van der Waals surface area contributed by atoms with Crippen molar-refractivity contribution >= 4 is 34.9 Å². The highest BCUT2D eigenvalue weighted by Gasteiger charge is 2.14. The largest absolute Gasteiger partial charge is 0.478 e. The molecule has 2 rings (SSSR count). The van der Waals surface area contributed by atoms with Crippen molar-refractivity contribution in [2.45, 2.75) is 0 Å². The highest BCUT2D eigenvalue weighted by Crippen LogP contribution is 2.33. The third kappa shape index (κ3) is 2.42. The SMILES string of the molecule is Nc1c(C(=O)O)cc(Cl)cc1-c1cccc(Cl)c1. The van der Waals surface area contributed by atoms with Crippen LogP contribution in [0.4, 0.5) is 5.69 Å². The molecule has 2 aromatic carbocycles. The Balaban J connectivity index is 2.68. The first-order valence-electron chi connectivity index (χ1n) is 5.07. The smallest absolute Gasteiger partial charge is 0.337 e. The molecule has 0 heterocycles. The van der Waals surface area contributed by atoms with Crippen LogP contribution in [-0.2, 0) is 0 Å². The van der Waals surface area contributed by atoms with Crippen LogP contribution in [0.2, 0.25) is 10.0 Å². The standard InChI is InChI=1S/C13H9Cl2NO2/c14-8-3-1-2-7(4-8)10-5-9(15)6-11(12(10)16)13(17)18/h1-6H,16H2,(H,17,18). The number of nitrogens with two attached hydrogens (primary N) is 1. The fourth-order valence-electron chi connectivity index (χ4n) is 1.69. The Morgan fingerprint density at radius 1 is 1.11 bits per heavy atom. The first-order valence-corrected chi connectivity index (χ1v) is 5.83. The Kier molecular flexibility index (Phi) is 3.45. The lowest BCUT2D eigenvalue weighted by atomic mass is 10.0. The normalized spacial score (nSPS) is 10.3. The van der Waals surface area contributed by atoms with Crippen molar-refractivity contribution in [3.63, 3.8) is 0 Å². The lowest BCUT2D eigenvalue weighted by Crippen LogP contribution is -2.04. The van der Waals surface area contributed by atoms with Crippen molar-refractivity contribution < 1.29 is 9.90 Å². The van der Waals surface area contributed by atoms with Gasteiger partial charge in [0.2, 0.25) is 0 Å². The number of hydrogen-bond donors (Lipinski definition) is 2. The van der Waals surface area contributed by atoms with Gasteiger partial charge in [-0.15, -0.1) is 0 Å². The maximum absolute atomic E-state index is 11.1. The molecule has 0 aliphatic rings. The minimum atomic E-state index is -1.11. The van der Waals surface area contributed by atoms with Gasteiger partial charge in [-0.25, -0.2) is 4.79 Å². The zero-order valence-corrected chi connectivity index (χ0v) is 10.7. The van der Waals surface area contributed by atoms with Gasteiger partial charge in [0.25, 0.3) is 0 Å². The summed E-state index contributed by atoms with van der Waals surface area (Å²) in [5, 5.41) is 9.91. The van der Waals surface area contributed by atoms with Gasteiger partial charge in [-0.2, -0.15) is 0 Å². The number of anilines is 1. The molecule has 0 fully saturated rings. The zero-order chi connectivity index (χ0) is 13.3. The van der Waals surface area contributed by atoms with Crippen LogP contribution in [-0.4, -0.2) is 11.1 Å². The van der Waals surface area contributed by atoms with Gasteiger partial charge in [0.15, 0.2) is 0 Å². The van der Waals surface area contributed by atoms with Gasteiger partial charge in [-0.1, -0.05) is 35.3 Å². The molecule has 18 heavy (non-hydrogen) atoms. The topological polar surface area (TPSA) is 63.3 Å². The number of benzene rings is 2. The number of hydrogen-bond acceptors (Lipinski definition) is 2. The Labute approximate surface area is 114 Å². The molecule has 0 radical (unpaired) electrons. The van der Waals surface area contributed by atoms with Crippen molar-refractivity contribution in [2.24, 2.45) is 0 Å². The number of nitrogen functional groups attached to an aromatic ring is 1. The summed E-state index contributed by atoms with van der Waals surface area (Å²) >= 11 is 11.8. The molecule has 0 saturated heterocycles. The van der Waals surface area contributed by atoms with Crippen LogP contribution in [0.5, 0.6) is 0 Å². The molecular weight excluding hydrogens is 273 g/mol. The summed E-state index contributed by atoms with van der Waals surface area (Å²) in [5.41, 5.74) is 7.30. The molecule has 0 aliphatic carbocycles. The third-order valence-corrected chi connectivity index (χ3v) is 2.96. The van der Waals surface area contributed by atoms with E-state index >= 15 is 0 Å². The van der Waals surface area contributed by atoms with Crippen LogP contribution < -0.4 is 5.73 Å². The highest BCUT2D eigenvalue weighted by molar-refractivity contribution is 6.32. The molecule has 0 aromatic heterocycles. The molecule has 3 nitrogen and oxygen atoms in total. The molecule has 0 saturated carbocycles. The molecule has 0 atom stereocenters. The molecule has 0 aliphatic heterocycles. The van der Waals surface area contributed by atoms with Gasteiger partial charge in [0.05, 0.1) is 11.3 Å². The molecule has 0 bridgehead atoms. The average Bonchev–Trinajstić information content (AvgIpc) is 2.31. The zero-order valence-electron chi connectivity index (χ0n) is 9.15. The van der Waals surface area contributed by atoms with Crippen molar-refractivity contribution in [1.82, 2.24) is 0 Å². The highest BCUT2D eigenvalue weighted by atomic mass is 35.5. The van der Waals surface area contributed by atoms with Gasteiger partial charge in [-0.3, -0.25) is 0 Å². The summed E-state index contributed by atoms with van der Waals surface area (Å²) in [6.07, 6.45) is 0. The lowest BCUT2D eigenvalue weighted by Gasteiger charge is -2.10. The van der Waals surface area contributed by atoms with E-state index in [1.165, 1.54) is 6.07 Å². The number of halogens is 2.